The number of nitrogens with one attached hydrogen (secondary N) is 1. The summed E-state index contributed by atoms with van der Waals surface area (Å²) in [6, 6.07) is 7.66. The quantitative estimate of drug-likeness (QED) is 0.554. The fourth-order valence-electron chi connectivity index (χ4n) is 1.89. The van der Waals surface area contributed by atoms with E-state index in [1.807, 2.05) is 24.3 Å². The Kier molecular flexibility index (Phi) is 5.21. The Bertz CT molecular complexity index is 416. The monoisotopic (exact) mass is 262 g/mol. The van der Waals surface area contributed by atoms with Crippen molar-refractivity contribution in [1.82, 2.24) is 5.32 Å². The Labute approximate surface area is 114 Å². The molecular formula is C15H22N2O2. The molecule has 4 nitrogen and oxygen atoms in total. The van der Waals surface area contributed by atoms with Gasteiger partial charge in [0, 0.05) is 25.3 Å². The van der Waals surface area contributed by atoms with E-state index in [0.29, 0.717) is 19.6 Å². The Morgan fingerprint density at radius 3 is 3.00 bits per heavy atom. The predicted molar refractivity (Wildman–Crippen MR) is 75.7 cm³/mol. The first-order valence-electron chi connectivity index (χ1n) is 6.93. The van der Waals surface area contributed by atoms with E-state index < -0.39 is 0 Å². The number of aryl methyl sites for hydroxylation is 1. The molecule has 0 unspecified atom stereocenters. The molecule has 0 atom stereocenters. The number of carbonyl (C=O) groups excluding carboxylic acids is 1. The maximum atomic E-state index is 11.6. The van der Waals surface area contributed by atoms with Gasteiger partial charge in [0.15, 0.2) is 0 Å². The van der Waals surface area contributed by atoms with Crippen LogP contribution in [0.1, 0.15) is 24.8 Å². The molecule has 1 aliphatic rings. The number of nitrogens with two attached hydrogens (primary N) is 1. The Balaban J connectivity index is 1.53. The van der Waals surface area contributed by atoms with Crippen LogP contribution in [0.3, 0.4) is 0 Å². The lowest BCUT2D eigenvalue weighted by molar-refractivity contribution is -0.121. The molecule has 0 bridgehead atoms. The normalized spacial score (nSPS) is 14.3. The summed E-state index contributed by atoms with van der Waals surface area (Å²) in [5.74, 6) is 0.844. The van der Waals surface area contributed by atoms with Crippen molar-refractivity contribution < 1.29 is 9.53 Å². The van der Waals surface area contributed by atoms with E-state index in [4.69, 9.17) is 10.5 Å². The third-order valence-electron chi connectivity index (χ3n) is 3.21. The molecule has 1 saturated carbocycles. The molecule has 3 N–H and O–H groups in total. The zero-order valence-corrected chi connectivity index (χ0v) is 11.2. The minimum absolute atomic E-state index is 0.0671. The molecule has 1 amide bonds. The molecule has 1 aromatic rings. The number of hydrogen-bond donors (Lipinski definition) is 2. The molecule has 0 heterocycles. The molecular weight excluding hydrogens is 240 g/mol. The van der Waals surface area contributed by atoms with E-state index >= 15 is 0 Å². The van der Waals surface area contributed by atoms with Gasteiger partial charge in [-0.1, -0.05) is 12.1 Å². The number of rotatable bonds is 8. The standard InChI is InChI=1S/C15H22N2O2/c16-14-3-1-2-12(10-14)6-7-15(18)17-8-9-19-11-13-4-5-13/h1-3,10,13H,4-9,11,16H2,(H,17,18). The maximum Gasteiger partial charge on any atom is 0.220 e. The van der Waals surface area contributed by atoms with E-state index in [0.717, 1.165) is 30.2 Å². The average Bonchev–Trinajstić information content (AvgIpc) is 3.20. The first-order valence-corrected chi connectivity index (χ1v) is 6.93. The van der Waals surface area contributed by atoms with Gasteiger partial charge >= 0.3 is 0 Å². The minimum atomic E-state index is 0.0671. The van der Waals surface area contributed by atoms with Crippen molar-refractivity contribution >= 4 is 11.6 Å². The largest absolute Gasteiger partial charge is 0.399 e. The van der Waals surface area contributed by atoms with Crippen LogP contribution in [-0.2, 0) is 16.0 Å². The van der Waals surface area contributed by atoms with Crippen LogP contribution in [0.2, 0.25) is 0 Å². The molecule has 0 saturated heterocycles. The van der Waals surface area contributed by atoms with Crippen molar-refractivity contribution in [3.8, 4) is 0 Å². The Morgan fingerprint density at radius 1 is 1.42 bits per heavy atom. The molecule has 104 valence electrons. The van der Waals surface area contributed by atoms with Gasteiger partial charge in [-0.2, -0.15) is 0 Å². The minimum Gasteiger partial charge on any atom is -0.399 e. The molecule has 1 aliphatic carbocycles. The van der Waals surface area contributed by atoms with Crippen molar-refractivity contribution in [2.24, 2.45) is 5.92 Å². The van der Waals surface area contributed by atoms with Crippen molar-refractivity contribution in [2.45, 2.75) is 25.7 Å². The molecule has 19 heavy (non-hydrogen) atoms. The second kappa shape index (κ2) is 7.14. The maximum absolute atomic E-state index is 11.6. The van der Waals surface area contributed by atoms with Crippen LogP contribution in [0.25, 0.3) is 0 Å². The molecule has 4 heteroatoms. The zero-order valence-electron chi connectivity index (χ0n) is 11.2. The van der Waals surface area contributed by atoms with Crippen molar-refractivity contribution in [3.05, 3.63) is 29.8 Å². The van der Waals surface area contributed by atoms with Gasteiger partial charge in [-0.05, 0) is 42.9 Å². The van der Waals surface area contributed by atoms with Gasteiger partial charge in [0.2, 0.25) is 5.91 Å². The predicted octanol–water partition coefficient (Wildman–Crippen LogP) is 1.74. The summed E-state index contributed by atoms with van der Waals surface area (Å²) in [7, 11) is 0. The fraction of sp³-hybridized carbons (Fsp3) is 0.533. The van der Waals surface area contributed by atoms with Crippen LogP contribution in [0.15, 0.2) is 24.3 Å². The van der Waals surface area contributed by atoms with Crippen LogP contribution < -0.4 is 11.1 Å². The van der Waals surface area contributed by atoms with Gasteiger partial charge in [0.1, 0.15) is 0 Å². The third kappa shape index (κ3) is 5.75. The van der Waals surface area contributed by atoms with E-state index in [9.17, 15) is 4.79 Å². The van der Waals surface area contributed by atoms with Gasteiger partial charge in [0.25, 0.3) is 0 Å². The van der Waals surface area contributed by atoms with Crippen molar-refractivity contribution in [3.63, 3.8) is 0 Å². The topological polar surface area (TPSA) is 64.4 Å². The Hall–Kier alpha value is -1.55. The van der Waals surface area contributed by atoms with Crippen LogP contribution in [0.4, 0.5) is 5.69 Å². The number of ether oxygens (including phenoxy) is 1. The van der Waals surface area contributed by atoms with Crippen LogP contribution >= 0.6 is 0 Å². The highest BCUT2D eigenvalue weighted by Gasteiger charge is 2.20. The molecule has 0 aromatic heterocycles. The lowest BCUT2D eigenvalue weighted by Crippen LogP contribution is -2.27. The van der Waals surface area contributed by atoms with E-state index in [2.05, 4.69) is 5.32 Å². The summed E-state index contributed by atoms with van der Waals surface area (Å²) in [6.07, 6.45) is 3.81. The van der Waals surface area contributed by atoms with E-state index in [1.54, 1.807) is 0 Å². The number of nitrogen functional groups attached to an aromatic ring is 1. The van der Waals surface area contributed by atoms with Crippen LogP contribution in [0, 0.1) is 5.92 Å². The van der Waals surface area contributed by atoms with E-state index in [-0.39, 0.29) is 5.91 Å². The number of anilines is 1. The summed E-state index contributed by atoms with van der Waals surface area (Å²) in [4.78, 5) is 11.6. The van der Waals surface area contributed by atoms with E-state index in [1.165, 1.54) is 12.8 Å². The highest BCUT2D eigenvalue weighted by atomic mass is 16.5. The van der Waals surface area contributed by atoms with Crippen LogP contribution in [0.5, 0.6) is 0 Å². The molecule has 0 radical (unpaired) electrons. The first-order chi connectivity index (χ1) is 9.24. The lowest BCUT2D eigenvalue weighted by Gasteiger charge is -2.06. The van der Waals surface area contributed by atoms with Crippen LogP contribution in [-0.4, -0.2) is 25.7 Å². The number of carbonyl (C=O) groups is 1. The number of benzene rings is 1. The lowest BCUT2D eigenvalue weighted by atomic mass is 10.1. The number of amides is 1. The summed E-state index contributed by atoms with van der Waals surface area (Å²) in [6.45, 7) is 2.06. The SMILES string of the molecule is Nc1cccc(CCC(=O)NCCOCC2CC2)c1. The molecule has 1 fully saturated rings. The number of hydrogen-bond acceptors (Lipinski definition) is 3. The molecule has 0 spiro atoms. The van der Waals surface area contributed by atoms with Gasteiger partial charge in [-0.25, -0.2) is 0 Å². The summed E-state index contributed by atoms with van der Waals surface area (Å²) in [5.41, 5.74) is 7.53. The summed E-state index contributed by atoms with van der Waals surface area (Å²) < 4.78 is 5.46. The second-order valence-corrected chi connectivity index (χ2v) is 5.11. The third-order valence-corrected chi connectivity index (χ3v) is 3.21. The Morgan fingerprint density at radius 2 is 2.26 bits per heavy atom. The fourth-order valence-corrected chi connectivity index (χ4v) is 1.89. The first kappa shape index (κ1) is 13.9. The van der Waals surface area contributed by atoms with Gasteiger partial charge in [0.05, 0.1) is 6.61 Å². The highest BCUT2D eigenvalue weighted by Crippen LogP contribution is 2.28. The molecule has 2 rings (SSSR count). The van der Waals surface area contributed by atoms with Gasteiger partial charge in [-0.15, -0.1) is 0 Å². The molecule has 0 aliphatic heterocycles. The smallest absolute Gasteiger partial charge is 0.220 e. The highest BCUT2D eigenvalue weighted by molar-refractivity contribution is 5.76. The van der Waals surface area contributed by atoms with Gasteiger partial charge in [-0.3, -0.25) is 4.79 Å². The van der Waals surface area contributed by atoms with Crippen molar-refractivity contribution in [1.29, 1.82) is 0 Å². The summed E-state index contributed by atoms with van der Waals surface area (Å²) >= 11 is 0. The average molecular weight is 262 g/mol. The van der Waals surface area contributed by atoms with Gasteiger partial charge < -0.3 is 15.8 Å². The second-order valence-electron chi connectivity index (χ2n) is 5.11. The summed E-state index contributed by atoms with van der Waals surface area (Å²) in [5, 5.41) is 2.87. The van der Waals surface area contributed by atoms with Crippen molar-refractivity contribution in [2.75, 3.05) is 25.5 Å². The zero-order chi connectivity index (χ0) is 13.5. The molecule has 1 aromatic carbocycles.